The first-order valence-corrected chi connectivity index (χ1v) is 5.35. The van der Waals surface area contributed by atoms with Gasteiger partial charge in [-0.2, -0.15) is 0 Å². The summed E-state index contributed by atoms with van der Waals surface area (Å²) in [7, 11) is 0. The highest BCUT2D eigenvalue weighted by molar-refractivity contribution is 5.87. The molecule has 1 aromatic rings. The van der Waals surface area contributed by atoms with Crippen molar-refractivity contribution >= 4 is 5.97 Å². The molecule has 4 nitrogen and oxygen atoms in total. The van der Waals surface area contributed by atoms with Crippen molar-refractivity contribution in [1.82, 2.24) is 4.98 Å². The Balaban J connectivity index is 2.35. The fourth-order valence-electron chi connectivity index (χ4n) is 1.13. The number of aromatic carboxylic acids is 1. The zero-order valence-corrected chi connectivity index (χ0v) is 9.64. The van der Waals surface area contributed by atoms with Gasteiger partial charge >= 0.3 is 5.97 Å². The zero-order chi connectivity index (χ0) is 12.0. The first-order valence-electron chi connectivity index (χ1n) is 5.35. The molecule has 0 aliphatic carbocycles. The number of pyridine rings is 1. The van der Waals surface area contributed by atoms with E-state index in [1.165, 1.54) is 12.3 Å². The number of carbonyl (C=O) groups is 1. The number of ether oxygens (including phenoxy) is 1. The maximum absolute atomic E-state index is 10.6. The van der Waals surface area contributed by atoms with Crippen molar-refractivity contribution in [2.75, 3.05) is 6.61 Å². The van der Waals surface area contributed by atoms with Crippen molar-refractivity contribution in [3.05, 3.63) is 29.6 Å². The predicted octanol–water partition coefficient (Wildman–Crippen LogP) is 2.34. The van der Waals surface area contributed by atoms with Crippen LogP contribution in [0.15, 0.2) is 18.3 Å². The lowest BCUT2D eigenvalue weighted by molar-refractivity contribution is 0.0696. The molecule has 1 heterocycles. The van der Waals surface area contributed by atoms with Gasteiger partial charge in [-0.15, -0.1) is 0 Å². The average molecular weight is 223 g/mol. The van der Waals surface area contributed by atoms with E-state index >= 15 is 0 Å². The van der Waals surface area contributed by atoms with Crippen LogP contribution in [0, 0.1) is 5.92 Å². The molecule has 0 aromatic carbocycles. The Hall–Kier alpha value is -1.42. The minimum atomic E-state index is -0.959. The van der Waals surface area contributed by atoms with Crippen LogP contribution in [0.5, 0.6) is 0 Å². The molecule has 16 heavy (non-hydrogen) atoms. The summed E-state index contributed by atoms with van der Waals surface area (Å²) in [5.74, 6) is -0.331. The van der Waals surface area contributed by atoms with Crippen molar-refractivity contribution < 1.29 is 14.6 Å². The van der Waals surface area contributed by atoms with E-state index in [1.54, 1.807) is 6.07 Å². The molecule has 4 heteroatoms. The van der Waals surface area contributed by atoms with Crippen molar-refractivity contribution in [1.29, 1.82) is 0 Å². The van der Waals surface area contributed by atoms with Crippen LogP contribution in [0.2, 0.25) is 0 Å². The van der Waals surface area contributed by atoms with Crippen LogP contribution >= 0.6 is 0 Å². The number of carboxylic acid groups (broad SMARTS) is 1. The van der Waals surface area contributed by atoms with Gasteiger partial charge in [0.1, 0.15) is 0 Å². The standard InChI is InChI=1S/C12H17NO3/c1-9(2)5-6-16-8-11-4-3-10(7-13-11)12(14)15/h3-4,7,9H,5-6,8H2,1-2H3,(H,14,15). The SMILES string of the molecule is CC(C)CCOCc1ccc(C(=O)O)cn1. The summed E-state index contributed by atoms with van der Waals surface area (Å²) in [4.78, 5) is 14.6. The van der Waals surface area contributed by atoms with Crippen molar-refractivity contribution in [2.24, 2.45) is 5.92 Å². The second kappa shape index (κ2) is 6.23. The van der Waals surface area contributed by atoms with Gasteiger partial charge in [-0.1, -0.05) is 13.8 Å². The molecule has 0 radical (unpaired) electrons. The Kier molecular flexibility index (Phi) is 4.92. The molecule has 0 aliphatic heterocycles. The molecule has 1 rings (SSSR count). The highest BCUT2D eigenvalue weighted by Crippen LogP contribution is 2.04. The van der Waals surface area contributed by atoms with Gasteiger partial charge in [0.15, 0.2) is 0 Å². The largest absolute Gasteiger partial charge is 0.478 e. The Bertz CT molecular complexity index is 333. The second-order valence-electron chi connectivity index (χ2n) is 4.08. The lowest BCUT2D eigenvalue weighted by Crippen LogP contribution is -2.02. The minimum absolute atomic E-state index is 0.200. The van der Waals surface area contributed by atoms with Gasteiger partial charge in [0.2, 0.25) is 0 Å². The summed E-state index contributed by atoms with van der Waals surface area (Å²) in [5.41, 5.74) is 0.958. The summed E-state index contributed by atoms with van der Waals surface area (Å²) >= 11 is 0. The van der Waals surface area contributed by atoms with E-state index in [0.29, 0.717) is 19.1 Å². The predicted molar refractivity (Wildman–Crippen MR) is 60.3 cm³/mol. The van der Waals surface area contributed by atoms with Crippen LogP contribution in [0.3, 0.4) is 0 Å². The summed E-state index contributed by atoms with van der Waals surface area (Å²) in [5, 5.41) is 8.68. The van der Waals surface area contributed by atoms with Gasteiger partial charge in [-0.05, 0) is 24.5 Å². The van der Waals surface area contributed by atoms with Gasteiger partial charge in [-0.25, -0.2) is 4.79 Å². The molecule has 0 aliphatic rings. The highest BCUT2D eigenvalue weighted by atomic mass is 16.5. The smallest absolute Gasteiger partial charge is 0.337 e. The van der Waals surface area contributed by atoms with E-state index in [-0.39, 0.29) is 5.56 Å². The molecule has 88 valence electrons. The normalized spacial score (nSPS) is 10.7. The molecular formula is C12H17NO3. The molecule has 0 atom stereocenters. The van der Waals surface area contributed by atoms with Crippen molar-refractivity contribution in [2.45, 2.75) is 26.9 Å². The van der Waals surface area contributed by atoms with Crippen molar-refractivity contribution in [3.63, 3.8) is 0 Å². The number of rotatable bonds is 6. The van der Waals surface area contributed by atoms with E-state index < -0.39 is 5.97 Å². The van der Waals surface area contributed by atoms with E-state index in [2.05, 4.69) is 18.8 Å². The third-order valence-electron chi connectivity index (χ3n) is 2.16. The summed E-state index contributed by atoms with van der Waals surface area (Å²) in [6.07, 6.45) is 2.37. The topological polar surface area (TPSA) is 59.4 Å². The molecule has 0 amide bonds. The van der Waals surface area contributed by atoms with Crippen molar-refractivity contribution in [3.8, 4) is 0 Å². The Labute approximate surface area is 95.3 Å². The first-order chi connectivity index (χ1) is 7.59. The van der Waals surface area contributed by atoms with Crippen LogP contribution in [0.4, 0.5) is 0 Å². The molecule has 1 aromatic heterocycles. The molecule has 0 unspecified atom stereocenters. The number of hydrogen-bond acceptors (Lipinski definition) is 3. The highest BCUT2D eigenvalue weighted by Gasteiger charge is 2.03. The Morgan fingerprint density at radius 3 is 2.75 bits per heavy atom. The van der Waals surface area contributed by atoms with E-state index in [1.807, 2.05) is 0 Å². The van der Waals surface area contributed by atoms with E-state index in [0.717, 1.165) is 12.1 Å². The van der Waals surface area contributed by atoms with Gasteiger partial charge in [0, 0.05) is 12.8 Å². The van der Waals surface area contributed by atoms with Crippen LogP contribution in [-0.4, -0.2) is 22.7 Å². The number of nitrogens with zero attached hydrogens (tertiary/aromatic N) is 1. The van der Waals surface area contributed by atoms with Gasteiger partial charge in [0.25, 0.3) is 0 Å². The van der Waals surface area contributed by atoms with Gasteiger partial charge in [-0.3, -0.25) is 4.98 Å². The molecule has 1 N–H and O–H groups in total. The third-order valence-corrected chi connectivity index (χ3v) is 2.16. The van der Waals surface area contributed by atoms with E-state index in [4.69, 9.17) is 9.84 Å². The fraction of sp³-hybridized carbons (Fsp3) is 0.500. The molecule has 0 saturated heterocycles. The molecule has 0 saturated carbocycles. The summed E-state index contributed by atoms with van der Waals surface area (Å²) < 4.78 is 5.42. The third kappa shape index (κ3) is 4.40. The lowest BCUT2D eigenvalue weighted by Gasteiger charge is -2.06. The molecule has 0 fully saturated rings. The Morgan fingerprint density at radius 1 is 1.50 bits per heavy atom. The number of carboxylic acids is 1. The monoisotopic (exact) mass is 223 g/mol. The summed E-state index contributed by atoms with van der Waals surface area (Å²) in [6.45, 7) is 5.43. The maximum atomic E-state index is 10.6. The molecule has 0 spiro atoms. The quantitative estimate of drug-likeness (QED) is 0.752. The molecular weight excluding hydrogens is 206 g/mol. The van der Waals surface area contributed by atoms with Crippen LogP contribution in [-0.2, 0) is 11.3 Å². The van der Waals surface area contributed by atoms with E-state index in [9.17, 15) is 4.79 Å². The van der Waals surface area contributed by atoms with Crippen LogP contribution < -0.4 is 0 Å². The van der Waals surface area contributed by atoms with Gasteiger partial charge in [0.05, 0.1) is 17.9 Å². The van der Waals surface area contributed by atoms with Crippen LogP contribution in [0.25, 0.3) is 0 Å². The van der Waals surface area contributed by atoms with Crippen LogP contribution in [0.1, 0.15) is 36.3 Å². The maximum Gasteiger partial charge on any atom is 0.337 e. The first kappa shape index (κ1) is 12.6. The zero-order valence-electron chi connectivity index (χ0n) is 9.64. The number of aromatic nitrogens is 1. The Morgan fingerprint density at radius 2 is 2.25 bits per heavy atom. The molecule has 0 bridgehead atoms. The summed E-state index contributed by atoms with van der Waals surface area (Å²) in [6, 6.07) is 3.22. The minimum Gasteiger partial charge on any atom is -0.478 e. The fourth-order valence-corrected chi connectivity index (χ4v) is 1.13. The number of hydrogen-bond donors (Lipinski definition) is 1. The average Bonchev–Trinajstić information content (AvgIpc) is 2.25. The second-order valence-corrected chi connectivity index (χ2v) is 4.08. The lowest BCUT2D eigenvalue weighted by atomic mass is 10.1. The van der Waals surface area contributed by atoms with Gasteiger partial charge < -0.3 is 9.84 Å².